The van der Waals surface area contributed by atoms with Crippen molar-refractivity contribution in [3.05, 3.63) is 82.4 Å². The fraction of sp³-hybridized carbons (Fsp3) is 0.296. The highest BCUT2D eigenvalue weighted by molar-refractivity contribution is 7.17. The van der Waals surface area contributed by atoms with Gasteiger partial charge in [-0.25, -0.2) is 0 Å². The highest BCUT2D eigenvalue weighted by Gasteiger charge is 2.23. The third kappa shape index (κ3) is 4.41. The van der Waals surface area contributed by atoms with E-state index in [-0.39, 0.29) is 5.91 Å². The molecule has 0 unspecified atom stereocenters. The van der Waals surface area contributed by atoms with Gasteiger partial charge in [-0.1, -0.05) is 36.4 Å². The quantitative estimate of drug-likeness (QED) is 0.393. The molecule has 0 saturated carbocycles. The Labute approximate surface area is 198 Å². The second-order valence-electron chi connectivity index (χ2n) is 8.76. The van der Waals surface area contributed by atoms with E-state index in [0.717, 1.165) is 66.9 Å². The summed E-state index contributed by atoms with van der Waals surface area (Å²) in [5.74, 6) is -0.0657. The van der Waals surface area contributed by atoms with Crippen molar-refractivity contribution in [2.24, 2.45) is 12.8 Å². The number of hydrogen-bond donors (Lipinski definition) is 2. The van der Waals surface area contributed by atoms with E-state index >= 15 is 0 Å². The molecular formula is C27H30N4OS. The van der Waals surface area contributed by atoms with Crippen molar-refractivity contribution >= 4 is 38.8 Å². The summed E-state index contributed by atoms with van der Waals surface area (Å²) >= 11 is 1.66. The predicted octanol–water partition coefficient (Wildman–Crippen LogP) is 5.34. The standard InChI is InChI=1S/C27H30N4OS/c1-30-23-13-16-33-25(23)17-24(30)27(32)29-22-8-2-6-21-7-4-15-31(26(21)22)18-20-11-9-19(10-12-20)5-3-14-28/h2,6,8-13,16-17H,3-5,7,14-15,18,28H2,1H3,(H,29,32). The molecular weight excluding hydrogens is 428 g/mol. The first-order valence-corrected chi connectivity index (χ1v) is 12.5. The smallest absolute Gasteiger partial charge is 0.272 e. The highest BCUT2D eigenvalue weighted by atomic mass is 32.1. The summed E-state index contributed by atoms with van der Waals surface area (Å²) in [7, 11) is 1.95. The number of fused-ring (bicyclic) bond motifs is 2. The van der Waals surface area contributed by atoms with Crippen LogP contribution < -0.4 is 16.0 Å². The van der Waals surface area contributed by atoms with E-state index in [9.17, 15) is 4.79 Å². The topological polar surface area (TPSA) is 63.3 Å². The molecule has 1 amide bonds. The summed E-state index contributed by atoms with van der Waals surface area (Å²) in [6, 6.07) is 19.2. The molecule has 2 aromatic heterocycles. The number of hydrogen-bond acceptors (Lipinski definition) is 4. The lowest BCUT2D eigenvalue weighted by Crippen LogP contribution is -2.30. The Kier molecular flexibility index (Phi) is 6.20. The van der Waals surface area contributed by atoms with Crippen molar-refractivity contribution in [2.75, 3.05) is 23.3 Å². The number of amides is 1. The van der Waals surface area contributed by atoms with E-state index in [1.807, 2.05) is 29.8 Å². The Hall–Kier alpha value is -3.09. The molecule has 4 aromatic rings. The van der Waals surface area contributed by atoms with Gasteiger partial charge < -0.3 is 20.5 Å². The molecule has 0 aliphatic carbocycles. The van der Waals surface area contributed by atoms with Gasteiger partial charge in [-0.2, -0.15) is 0 Å². The minimum absolute atomic E-state index is 0.0657. The van der Waals surface area contributed by atoms with E-state index in [1.165, 1.54) is 16.7 Å². The number of anilines is 2. The lowest BCUT2D eigenvalue weighted by atomic mass is 9.99. The maximum atomic E-state index is 13.2. The number of rotatable bonds is 7. The zero-order chi connectivity index (χ0) is 22.8. The Morgan fingerprint density at radius 2 is 1.94 bits per heavy atom. The van der Waals surface area contributed by atoms with Gasteiger partial charge in [-0.3, -0.25) is 4.79 Å². The van der Waals surface area contributed by atoms with E-state index in [1.54, 1.807) is 11.3 Å². The number of carbonyl (C=O) groups excluding carboxylic acids is 1. The molecule has 0 saturated heterocycles. The number of carbonyl (C=O) groups is 1. The second kappa shape index (κ2) is 9.41. The van der Waals surface area contributed by atoms with Gasteiger partial charge in [0.2, 0.25) is 0 Å². The van der Waals surface area contributed by atoms with Crippen LogP contribution in [0.15, 0.2) is 60.0 Å². The van der Waals surface area contributed by atoms with Gasteiger partial charge in [0.1, 0.15) is 5.69 Å². The van der Waals surface area contributed by atoms with Crippen LogP contribution in [0.5, 0.6) is 0 Å². The Bertz CT molecular complexity index is 1270. The lowest BCUT2D eigenvalue weighted by molar-refractivity contribution is 0.102. The second-order valence-corrected chi connectivity index (χ2v) is 9.71. The Balaban J connectivity index is 1.39. The van der Waals surface area contributed by atoms with E-state index in [0.29, 0.717) is 5.69 Å². The summed E-state index contributed by atoms with van der Waals surface area (Å²) in [5, 5.41) is 5.28. The Morgan fingerprint density at radius 1 is 1.12 bits per heavy atom. The molecule has 0 radical (unpaired) electrons. The van der Waals surface area contributed by atoms with Gasteiger partial charge >= 0.3 is 0 Å². The average molecular weight is 459 g/mol. The summed E-state index contributed by atoms with van der Waals surface area (Å²) < 4.78 is 3.11. The van der Waals surface area contributed by atoms with Crippen LogP contribution in [0.2, 0.25) is 0 Å². The molecule has 0 atom stereocenters. The van der Waals surface area contributed by atoms with Crippen LogP contribution >= 0.6 is 11.3 Å². The van der Waals surface area contributed by atoms with Crippen LogP contribution in [0.4, 0.5) is 11.4 Å². The zero-order valence-corrected chi connectivity index (χ0v) is 19.8. The van der Waals surface area contributed by atoms with Crippen molar-refractivity contribution in [1.82, 2.24) is 4.57 Å². The summed E-state index contributed by atoms with van der Waals surface area (Å²) in [5.41, 5.74) is 13.4. The fourth-order valence-corrected chi connectivity index (χ4v) is 5.64. The molecule has 6 heteroatoms. The van der Waals surface area contributed by atoms with Crippen molar-refractivity contribution in [3.8, 4) is 0 Å². The zero-order valence-electron chi connectivity index (χ0n) is 19.0. The molecule has 5 rings (SSSR count). The Morgan fingerprint density at radius 3 is 2.73 bits per heavy atom. The van der Waals surface area contributed by atoms with Crippen molar-refractivity contribution in [3.63, 3.8) is 0 Å². The SMILES string of the molecule is Cn1c(C(=O)Nc2cccc3c2N(Cc2ccc(CCCN)cc2)CCC3)cc2sccc21. The summed E-state index contributed by atoms with van der Waals surface area (Å²) in [6.07, 6.45) is 4.19. The van der Waals surface area contributed by atoms with Crippen LogP contribution in [0, 0.1) is 0 Å². The lowest BCUT2D eigenvalue weighted by Gasteiger charge is -2.33. The number of nitrogens with two attached hydrogens (primary N) is 1. The van der Waals surface area contributed by atoms with Crippen molar-refractivity contribution < 1.29 is 4.79 Å². The average Bonchev–Trinajstić information content (AvgIpc) is 3.42. The fourth-order valence-electron chi connectivity index (χ4n) is 4.79. The molecule has 0 spiro atoms. The van der Waals surface area contributed by atoms with E-state index in [4.69, 9.17) is 5.73 Å². The van der Waals surface area contributed by atoms with Crippen molar-refractivity contribution in [2.45, 2.75) is 32.2 Å². The predicted molar refractivity (Wildman–Crippen MR) is 138 cm³/mol. The molecule has 1 aliphatic heterocycles. The van der Waals surface area contributed by atoms with Gasteiger partial charge in [0.05, 0.1) is 21.6 Å². The largest absolute Gasteiger partial charge is 0.365 e. The van der Waals surface area contributed by atoms with E-state index < -0.39 is 0 Å². The number of aryl methyl sites for hydroxylation is 3. The number of nitrogens with zero attached hydrogens (tertiary/aromatic N) is 2. The minimum atomic E-state index is -0.0657. The highest BCUT2D eigenvalue weighted by Crippen LogP contribution is 2.36. The monoisotopic (exact) mass is 458 g/mol. The number of benzene rings is 2. The van der Waals surface area contributed by atoms with Crippen molar-refractivity contribution in [1.29, 1.82) is 0 Å². The van der Waals surface area contributed by atoms with Crippen LogP contribution in [-0.2, 0) is 26.4 Å². The summed E-state index contributed by atoms with van der Waals surface area (Å²) in [4.78, 5) is 15.6. The van der Waals surface area contributed by atoms with Gasteiger partial charge in [0.15, 0.2) is 0 Å². The van der Waals surface area contributed by atoms with Gasteiger partial charge in [-0.05, 0) is 72.5 Å². The van der Waals surface area contributed by atoms with Crippen LogP contribution in [-0.4, -0.2) is 23.6 Å². The number of thiophene rings is 1. The van der Waals surface area contributed by atoms with Gasteiger partial charge in [-0.15, -0.1) is 11.3 Å². The molecule has 170 valence electrons. The normalized spacial score (nSPS) is 13.3. The molecule has 3 heterocycles. The van der Waals surface area contributed by atoms with E-state index in [2.05, 4.69) is 52.0 Å². The van der Waals surface area contributed by atoms with Gasteiger partial charge in [0, 0.05) is 20.1 Å². The molecule has 0 bridgehead atoms. The first-order valence-electron chi connectivity index (χ1n) is 11.6. The molecule has 1 aliphatic rings. The maximum Gasteiger partial charge on any atom is 0.272 e. The molecule has 0 fully saturated rings. The molecule has 5 nitrogen and oxygen atoms in total. The number of para-hydroxylation sites is 1. The first kappa shape index (κ1) is 21.7. The third-order valence-corrected chi connectivity index (χ3v) is 7.37. The van der Waals surface area contributed by atoms with Gasteiger partial charge in [0.25, 0.3) is 5.91 Å². The summed E-state index contributed by atoms with van der Waals surface area (Å²) in [6.45, 7) is 2.54. The minimum Gasteiger partial charge on any atom is -0.365 e. The maximum absolute atomic E-state index is 13.2. The molecule has 2 aromatic carbocycles. The number of nitrogens with one attached hydrogen (secondary N) is 1. The first-order chi connectivity index (χ1) is 16.1. The van der Waals surface area contributed by atoms with Crippen LogP contribution in [0.25, 0.3) is 10.2 Å². The molecule has 3 N–H and O–H groups in total. The van der Waals surface area contributed by atoms with Crippen LogP contribution in [0.3, 0.4) is 0 Å². The number of aromatic nitrogens is 1. The van der Waals surface area contributed by atoms with Crippen LogP contribution in [0.1, 0.15) is 40.0 Å². The third-order valence-electron chi connectivity index (χ3n) is 6.52. The molecule has 33 heavy (non-hydrogen) atoms.